The van der Waals surface area contributed by atoms with E-state index in [-0.39, 0.29) is 42.9 Å². The fraction of sp³-hybridized carbons (Fsp3) is 0.268. The van der Waals surface area contributed by atoms with Crippen LogP contribution in [0, 0.1) is 23.7 Å². The van der Waals surface area contributed by atoms with Gasteiger partial charge in [0.1, 0.15) is 18.1 Å². The van der Waals surface area contributed by atoms with Crippen LogP contribution in [-0.4, -0.2) is 54.1 Å². The number of amides is 4. The van der Waals surface area contributed by atoms with E-state index >= 15 is 4.79 Å². The predicted molar refractivity (Wildman–Crippen MR) is 199 cm³/mol. The summed E-state index contributed by atoms with van der Waals surface area (Å²) in [6.45, 7) is -0.256. The molecule has 1 saturated carbocycles. The van der Waals surface area contributed by atoms with Gasteiger partial charge in [0.05, 0.1) is 53.3 Å². The summed E-state index contributed by atoms with van der Waals surface area (Å²) >= 11 is 12.7. The number of halogens is 2. The Morgan fingerprint density at radius 1 is 0.868 bits per heavy atom. The van der Waals surface area contributed by atoms with Gasteiger partial charge in [-0.2, -0.15) is 5.01 Å². The third kappa shape index (κ3) is 5.42. The second-order valence-corrected chi connectivity index (χ2v) is 14.5. The summed E-state index contributed by atoms with van der Waals surface area (Å²) in [6.07, 6.45) is 2.38. The number of para-hydroxylation sites is 2. The number of carbonyl (C=O) groups is 4. The Hall–Kier alpha value is -5.16. The van der Waals surface area contributed by atoms with Crippen LogP contribution in [-0.2, 0) is 24.6 Å². The first-order chi connectivity index (χ1) is 25.7. The van der Waals surface area contributed by atoms with Crippen molar-refractivity contribution in [3.8, 4) is 11.5 Å². The molecule has 2 aliphatic carbocycles. The molecule has 10 nitrogen and oxygen atoms in total. The molecule has 0 spiro atoms. The Balaban J connectivity index is 1.35. The van der Waals surface area contributed by atoms with Gasteiger partial charge in [0.2, 0.25) is 11.8 Å². The largest absolute Gasteiger partial charge is 0.497 e. The Bertz CT molecular complexity index is 2160. The molecule has 4 amide bonds. The number of benzene rings is 4. The van der Waals surface area contributed by atoms with E-state index in [1.165, 1.54) is 11.0 Å². The molecule has 4 aliphatic rings. The van der Waals surface area contributed by atoms with Crippen LogP contribution in [0.4, 0.5) is 11.4 Å². The fourth-order valence-electron chi connectivity index (χ4n) is 9.03. The highest BCUT2D eigenvalue weighted by Crippen LogP contribution is 2.65. The minimum Gasteiger partial charge on any atom is -0.497 e. The molecule has 12 heteroatoms. The Morgan fingerprint density at radius 3 is 2.32 bits per heavy atom. The van der Waals surface area contributed by atoms with Crippen molar-refractivity contribution < 1.29 is 33.8 Å². The molecule has 53 heavy (non-hydrogen) atoms. The smallest absolute Gasteiger partial charge is 0.260 e. The molecule has 2 saturated heterocycles. The van der Waals surface area contributed by atoms with E-state index in [2.05, 4.69) is 5.43 Å². The molecule has 0 radical (unpaired) electrons. The quantitative estimate of drug-likeness (QED) is 0.146. The lowest BCUT2D eigenvalue weighted by Crippen LogP contribution is -2.53. The van der Waals surface area contributed by atoms with E-state index in [0.717, 1.165) is 10.6 Å². The van der Waals surface area contributed by atoms with Crippen LogP contribution in [0.1, 0.15) is 29.9 Å². The number of nitrogens with zero attached hydrogens (tertiary/aromatic N) is 2. The Morgan fingerprint density at radius 2 is 1.60 bits per heavy atom. The van der Waals surface area contributed by atoms with E-state index in [1.807, 2.05) is 24.3 Å². The van der Waals surface area contributed by atoms with Crippen molar-refractivity contribution in [3.05, 3.63) is 130 Å². The zero-order valence-electron chi connectivity index (χ0n) is 28.6. The van der Waals surface area contributed by atoms with Gasteiger partial charge in [-0.05, 0) is 72.9 Å². The van der Waals surface area contributed by atoms with Crippen molar-refractivity contribution in [2.75, 3.05) is 30.6 Å². The maximum absolute atomic E-state index is 15.5. The Kier molecular flexibility index (Phi) is 9.00. The molecule has 3 fully saturated rings. The monoisotopic (exact) mass is 751 g/mol. The van der Waals surface area contributed by atoms with Gasteiger partial charge in [-0.3, -0.25) is 29.5 Å². The van der Waals surface area contributed by atoms with Crippen LogP contribution < -0.4 is 19.8 Å². The highest BCUT2D eigenvalue weighted by molar-refractivity contribution is 6.36. The SMILES string of the molecule is COc1ccc([C@@]23C(=O)N(Nc4ccc(Cl)cc4Cl)C(=O)[C@@H]2C[C@@H]2C(=CC[C@@H]4C(=O)N(c5ccccc5)C(=O)[C@@H]42)[C@@H]3c2ccccc2OCCO)cc1. The number of anilines is 2. The van der Waals surface area contributed by atoms with Crippen molar-refractivity contribution in [2.24, 2.45) is 23.7 Å². The molecular formula is C41H35Cl2N3O7. The van der Waals surface area contributed by atoms with E-state index in [9.17, 15) is 19.5 Å². The topological polar surface area (TPSA) is 125 Å². The molecule has 270 valence electrons. The number of allylic oxidation sites excluding steroid dienone is 2. The molecule has 6 atom stereocenters. The third-order valence-electron chi connectivity index (χ3n) is 11.2. The molecule has 2 aliphatic heterocycles. The number of methoxy groups -OCH3 is 1. The lowest BCUT2D eigenvalue weighted by molar-refractivity contribution is -0.138. The van der Waals surface area contributed by atoms with E-state index in [1.54, 1.807) is 79.9 Å². The molecule has 2 heterocycles. The number of carbonyl (C=O) groups excluding carboxylic acids is 4. The molecule has 0 unspecified atom stereocenters. The van der Waals surface area contributed by atoms with Crippen LogP contribution in [0.15, 0.2) is 109 Å². The van der Waals surface area contributed by atoms with Crippen LogP contribution >= 0.6 is 23.2 Å². The number of aliphatic hydroxyl groups is 1. The number of nitrogens with one attached hydrogen (secondary N) is 1. The standard InChI is InChI=1S/C41H35Cl2N3O7/c1-52-26-14-11-23(12-15-26)41-31(38(49)46(40(41)51)44-33-18-13-24(42)21-32(33)43)22-30-27(36(41)28-9-5-6-10-34(28)53-20-19-47)16-17-29-35(30)39(50)45(37(29)48)25-7-3-2-4-8-25/h2-16,18,21,29-31,35-36,44,47H,17,19-20,22H2,1H3/t29-,30+,31-,35-,36+,41+/m0/s1. The fourth-order valence-corrected chi connectivity index (χ4v) is 9.48. The number of fused-ring (bicyclic) bond motifs is 4. The second kappa shape index (κ2) is 13.7. The number of aliphatic hydroxyl groups excluding tert-OH is 1. The average molecular weight is 753 g/mol. The molecule has 4 aromatic rings. The number of rotatable bonds is 9. The minimum absolute atomic E-state index is 0.00940. The molecule has 2 N–H and O–H groups in total. The first-order valence-corrected chi connectivity index (χ1v) is 18.2. The maximum atomic E-state index is 15.5. The molecule has 0 bridgehead atoms. The number of hydrazine groups is 1. The van der Waals surface area contributed by atoms with Crippen LogP contribution in [0.2, 0.25) is 10.0 Å². The maximum Gasteiger partial charge on any atom is 0.260 e. The summed E-state index contributed by atoms with van der Waals surface area (Å²) in [5.41, 5.74) is 4.21. The predicted octanol–water partition coefficient (Wildman–Crippen LogP) is 6.56. The molecule has 0 aromatic heterocycles. The summed E-state index contributed by atoms with van der Waals surface area (Å²) < 4.78 is 11.6. The number of hydrogen-bond donors (Lipinski definition) is 2. The van der Waals surface area contributed by atoms with Gasteiger partial charge in [-0.15, -0.1) is 0 Å². The van der Waals surface area contributed by atoms with Gasteiger partial charge in [0, 0.05) is 16.5 Å². The zero-order chi connectivity index (χ0) is 37.0. The van der Waals surface area contributed by atoms with Crippen molar-refractivity contribution in [1.82, 2.24) is 5.01 Å². The van der Waals surface area contributed by atoms with E-state index in [4.69, 9.17) is 32.7 Å². The highest BCUT2D eigenvalue weighted by atomic mass is 35.5. The lowest BCUT2D eigenvalue weighted by Gasteiger charge is -2.50. The van der Waals surface area contributed by atoms with Gasteiger partial charge < -0.3 is 14.6 Å². The van der Waals surface area contributed by atoms with Gasteiger partial charge in [0.15, 0.2) is 0 Å². The molecule has 8 rings (SSSR count). The number of ether oxygens (including phenoxy) is 2. The van der Waals surface area contributed by atoms with Crippen molar-refractivity contribution in [2.45, 2.75) is 24.2 Å². The van der Waals surface area contributed by atoms with Gasteiger partial charge in [0.25, 0.3) is 11.8 Å². The lowest BCUT2D eigenvalue weighted by atomic mass is 9.49. The average Bonchev–Trinajstić information content (AvgIpc) is 3.56. The summed E-state index contributed by atoms with van der Waals surface area (Å²) in [5.74, 6) is -4.44. The summed E-state index contributed by atoms with van der Waals surface area (Å²) in [7, 11) is 1.55. The second-order valence-electron chi connectivity index (χ2n) is 13.7. The van der Waals surface area contributed by atoms with Gasteiger partial charge >= 0.3 is 0 Å². The van der Waals surface area contributed by atoms with Gasteiger partial charge in [-0.1, -0.05) is 83.4 Å². The number of imide groups is 2. The highest BCUT2D eigenvalue weighted by Gasteiger charge is 2.70. The van der Waals surface area contributed by atoms with Gasteiger partial charge in [-0.25, -0.2) is 0 Å². The molecular weight excluding hydrogens is 717 g/mol. The first-order valence-electron chi connectivity index (χ1n) is 17.4. The van der Waals surface area contributed by atoms with Crippen LogP contribution in [0.25, 0.3) is 0 Å². The summed E-state index contributed by atoms with van der Waals surface area (Å²) in [4.78, 5) is 60.2. The summed E-state index contributed by atoms with van der Waals surface area (Å²) in [5, 5.41) is 11.4. The van der Waals surface area contributed by atoms with Crippen molar-refractivity contribution in [3.63, 3.8) is 0 Å². The zero-order valence-corrected chi connectivity index (χ0v) is 30.1. The summed E-state index contributed by atoms with van der Waals surface area (Å²) in [6, 6.07) is 27.9. The third-order valence-corrected chi connectivity index (χ3v) is 11.7. The molecule has 4 aromatic carbocycles. The van der Waals surface area contributed by atoms with E-state index in [0.29, 0.717) is 39.0 Å². The van der Waals surface area contributed by atoms with E-state index < -0.39 is 46.8 Å². The van der Waals surface area contributed by atoms with Crippen molar-refractivity contribution in [1.29, 1.82) is 0 Å². The number of hydrogen-bond acceptors (Lipinski definition) is 8. The first kappa shape index (κ1) is 34.9. The van der Waals surface area contributed by atoms with Crippen molar-refractivity contribution >= 4 is 58.2 Å². The van der Waals surface area contributed by atoms with Crippen LogP contribution in [0.3, 0.4) is 0 Å². The Labute approximate surface area is 315 Å². The normalized spacial score (nSPS) is 26.2. The minimum atomic E-state index is -1.55. The van der Waals surface area contributed by atoms with Crippen LogP contribution in [0.5, 0.6) is 11.5 Å².